The predicted octanol–water partition coefficient (Wildman–Crippen LogP) is 4.91. The minimum Gasteiger partial charge on any atom is -0.350 e. The van der Waals surface area contributed by atoms with E-state index in [1.807, 2.05) is 25.1 Å². The smallest absolute Gasteiger partial charge is 0.258 e. The van der Waals surface area contributed by atoms with E-state index in [1.54, 1.807) is 12.1 Å². The molecule has 0 bridgehead atoms. The van der Waals surface area contributed by atoms with E-state index >= 15 is 0 Å². The van der Waals surface area contributed by atoms with Crippen molar-refractivity contribution < 1.29 is 9.18 Å². The van der Waals surface area contributed by atoms with Crippen LogP contribution in [0.3, 0.4) is 0 Å². The van der Waals surface area contributed by atoms with Crippen LogP contribution >= 0.6 is 0 Å². The van der Waals surface area contributed by atoms with Crippen LogP contribution in [0.2, 0.25) is 0 Å². The Hall–Kier alpha value is -3.28. The fraction of sp³-hybridized carbons (Fsp3) is 0.227. The summed E-state index contributed by atoms with van der Waals surface area (Å²) in [6.45, 7) is 6.62. The maximum absolute atomic E-state index is 12.9. The third-order valence-electron chi connectivity index (χ3n) is 4.44. The molecule has 2 aromatic carbocycles. The molecule has 3 rings (SSSR count). The van der Waals surface area contributed by atoms with Gasteiger partial charge >= 0.3 is 0 Å². The van der Waals surface area contributed by atoms with Crippen LogP contribution in [0.5, 0.6) is 0 Å². The van der Waals surface area contributed by atoms with Crippen molar-refractivity contribution in [1.29, 1.82) is 0 Å². The monoisotopic (exact) mass is 378 g/mol. The van der Waals surface area contributed by atoms with E-state index in [2.05, 4.69) is 34.4 Å². The Labute approximate surface area is 164 Å². The van der Waals surface area contributed by atoms with Gasteiger partial charge in [0.25, 0.3) is 5.91 Å². The molecule has 0 unspecified atom stereocenters. The fourth-order valence-electron chi connectivity index (χ4n) is 2.85. The van der Waals surface area contributed by atoms with E-state index in [4.69, 9.17) is 0 Å². The van der Waals surface area contributed by atoms with Crippen molar-refractivity contribution in [3.63, 3.8) is 0 Å². The van der Waals surface area contributed by atoms with Gasteiger partial charge in [-0.25, -0.2) is 14.4 Å². The van der Waals surface area contributed by atoms with Gasteiger partial charge in [-0.15, -0.1) is 0 Å². The van der Waals surface area contributed by atoms with Crippen LogP contribution in [0, 0.1) is 12.7 Å². The van der Waals surface area contributed by atoms with E-state index in [1.165, 1.54) is 24.5 Å². The maximum Gasteiger partial charge on any atom is 0.258 e. The first-order valence-corrected chi connectivity index (χ1v) is 9.15. The highest BCUT2D eigenvalue weighted by Crippen LogP contribution is 2.27. The lowest BCUT2D eigenvalue weighted by atomic mass is 9.98. The number of anilines is 2. The highest BCUT2D eigenvalue weighted by molar-refractivity contribution is 6.04. The largest absolute Gasteiger partial charge is 0.350 e. The molecule has 2 N–H and O–H groups in total. The maximum atomic E-state index is 12.9. The van der Waals surface area contributed by atoms with Gasteiger partial charge in [0.05, 0.1) is 5.56 Å². The topological polar surface area (TPSA) is 66.9 Å². The Balaban J connectivity index is 1.66. The average molecular weight is 378 g/mol. The Kier molecular flexibility index (Phi) is 5.99. The summed E-state index contributed by atoms with van der Waals surface area (Å²) >= 11 is 0. The third-order valence-corrected chi connectivity index (χ3v) is 4.44. The highest BCUT2D eigenvalue weighted by atomic mass is 19.1. The van der Waals surface area contributed by atoms with Gasteiger partial charge in [-0.3, -0.25) is 4.79 Å². The highest BCUT2D eigenvalue weighted by Gasteiger charge is 2.14. The lowest BCUT2D eigenvalue weighted by Crippen LogP contribution is -2.16. The molecule has 0 saturated heterocycles. The molecule has 1 amide bonds. The van der Waals surface area contributed by atoms with Gasteiger partial charge in [0.15, 0.2) is 0 Å². The van der Waals surface area contributed by atoms with Crippen LogP contribution in [0.1, 0.15) is 46.8 Å². The number of nitrogens with zero attached hydrogens (tertiary/aromatic N) is 2. The molecule has 0 atom stereocenters. The van der Waals surface area contributed by atoms with Crippen molar-refractivity contribution in [1.82, 2.24) is 9.97 Å². The predicted molar refractivity (Wildman–Crippen MR) is 109 cm³/mol. The number of hydrogen-bond donors (Lipinski definition) is 2. The van der Waals surface area contributed by atoms with Crippen molar-refractivity contribution in [3.05, 3.63) is 82.9 Å². The summed E-state index contributed by atoms with van der Waals surface area (Å²) in [5.41, 5.74) is 4.23. The molecular weight excluding hydrogens is 355 g/mol. The molecule has 3 aromatic rings. The van der Waals surface area contributed by atoms with Gasteiger partial charge < -0.3 is 10.6 Å². The van der Waals surface area contributed by atoms with Crippen LogP contribution in [-0.2, 0) is 6.54 Å². The third kappa shape index (κ3) is 4.71. The summed E-state index contributed by atoms with van der Waals surface area (Å²) in [4.78, 5) is 21.0. The van der Waals surface area contributed by atoms with E-state index in [0.717, 1.165) is 22.4 Å². The van der Waals surface area contributed by atoms with Crippen LogP contribution in [0.25, 0.3) is 0 Å². The summed E-state index contributed by atoms with van der Waals surface area (Å²) in [6, 6.07) is 12.2. The molecule has 0 aliphatic carbocycles. The minimum atomic E-state index is -0.273. The summed E-state index contributed by atoms with van der Waals surface area (Å²) in [5, 5.41) is 6.04. The molecule has 28 heavy (non-hydrogen) atoms. The van der Waals surface area contributed by atoms with Gasteiger partial charge in [0.1, 0.15) is 5.82 Å². The minimum absolute atomic E-state index is 0.249. The molecule has 6 heteroatoms. The molecule has 0 spiro atoms. The molecule has 5 nitrogen and oxygen atoms in total. The Morgan fingerprint density at radius 2 is 1.75 bits per heavy atom. The number of carbonyl (C=O) groups is 1. The molecule has 0 aliphatic heterocycles. The second kappa shape index (κ2) is 8.61. The zero-order chi connectivity index (χ0) is 20.1. The van der Waals surface area contributed by atoms with E-state index in [-0.39, 0.29) is 11.7 Å². The number of aromatic nitrogens is 2. The van der Waals surface area contributed by atoms with Crippen molar-refractivity contribution in [3.8, 4) is 0 Å². The van der Waals surface area contributed by atoms with E-state index < -0.39 is 0 Å². The number of nitrogens with one attached hydrogen (secondary N) is 2. The van der Waals surface area contributed by atoms with Gasteiger partial charge in [-0.2, -0.15) is 0 Å². The molecule has 1 heterocycles. The quantitative estimate of drug-likeness (QED) is 0.639. The summed E-state index contributed by atoms with van der Waals surface area (Å²) in [7, 11) is 0. The number of amides is 1. The number of hydrogen-bond acceptors (Lipinski definition) is 4. The van der Waals surface area contributed by atoms with Crippen molar-refractivity contribution in [2.75, 3.05) is 10.6 Å². The first-order chi connectivity index (χ1) is 13.4. The Morgan fingerprint density at radius 1 is 1.07 bits per heavy atom. The molecule has 144 valence electrons. The zero-order valence-corrected chi connectivity index (χ0v) is 16.2. The molecule has 1 aromatic heterocycles. The number of carbonyl (C=O) groups excluding carboxylic acids is 1. The average Bonchev–Trinajstić information content (AvgIpc) is 2.69. The fourth-order valence-corrected chi connectivity index (χ4v) is 2.85. The first-order valence-electron chi connectivity index (χ1n) is 9.15. The van der Waals surface area contributed by atoms with Gasteiger partial charge in [-0.05, 0) is 41.7 Å². The number of benzene rings is 2. The SMILES string of the molecule is Cc1cccc(C(C)C)c1NC(=O)c1cnc(NCc2ccc(F)cc2)nc1. The van der Waals surface area contributed by atoms with Crippen LogP contribution < -0.4 is 10.6 Å². The standard InChI is InChI=1S/C22H23FN4O/c1-14(2)19-6-4-5-15(3)20(19)27-21(28)17-12-25-22(26-13-17)24-11-16-7-9-18(23)10-8-16/h4-10,12-14H,11H2,1-3H3,(H,27,28)(H,24,25,26). The van der Waals surface area contributed by atoms with E-state index in [9.17, 15) is 9.18 Å². The molecule has 0 aliphatic rings. The summed E-state index contributed by atoms with van der Waals surface area (Å²) in [6.07, 6.45) is 2.98. The van der Waals surface area contributed by atoms with Crippen LogP contribution in [0.4, 0.5) is 16.0 Å². The van der Waals surface area contributed by atoms with Crippen LogP contribution in [0.15, 0.2) is 54.9 Å². The molecule has 0 fully saturated rings. The second-order valence-electron chi connectivity index (χ2n) is 6.92. The molecule has 0 saturated carbocycles. The number of aryl methyl sites for hydroxylation is 1. The molecular formula is C22H23FN4O. The summed E-state index contributed by atoms with van der Waals surface area (Å²) in [5.74, 6) is 0.176. The van der Waals surface area contributed by atoms with Crippen molar-refractivity contribution in [2.24, 2.45) is 0 Å². The second-order valence-corrected chi connectivity index (χ2v) is 6.92. The Morgan fingerprint density at radius 3 is 2.39 bits per heavy atom. The summed E-state index contributed by atoms with van der Waals surface area (Å²) < 4.78 is 12.9. The van der Waals surface area contributed by atoms with E-state index in [0.29, 0.717) is 24.0 Å². The van der Waals surface area contributed by atoms with Crippen LogP contribution in [-0.4, -0.2) is 15.9 Å². The lowest BCUT2D eigenvalue weighted by molar-refractivity contribution is 0.102. The first kappa shape index (κ1) is 19.5. The lowest BCUT2D eigenvalue weighted by Gasteiger charge is -2.16. The van der Waals surface area contributed by atoms with Crippen molar-refractivity contribution in [2.45, 2.75) is 33.2 Å². The van der Waals surface area contributed by atoms with Gasteiger partial charge in [0, 0.05) is 24.6 Å². The number of rotatable bonds is 6. The molecule has 0 radical (unpaired) electrons. The number of halogens is 1. The van der Waals surface area contributed by atoms with Crippen molar-refractivity contribution >= 4 is 17.5 Å². The zero-order valence-electron chi connectivity index (χ0n) is 16.2. The van der Waals surface area contributed by atoms with Gasteiger partial charge in [-0.1, -0.05) is 44.2 Å². The number of para-hydroxylation sites is 1. The Bertz CT molecular complexity index is 953. The normalized spacial score (nSPS) is 10.8. The van der Waals surface area contributed by atoms with Gasteiger partial charge in [0.2, 0.25) is 5.95 Å².